The first kappa shape index (κ1) is 20.1. The number of hydrogen-bond donors (Lipinski definition) is 1. The van der Waals surface area contributed by atoms with Gasteiger partial charge in [-0.05, 0) is 36.8 Å². The van der Waals surface area contributed by atoms with Crippen LogP contribution < -0.4 is 5.56 Å². The second-order valence-electron chi connectivity index (χ2n) is 7.35. The summed E-state index contributed by atoms with van der Waals surface area (Å²) >= 11 is 1.51. The number of fused-ring (bicyclic) bond motifs is 1. The number of nitrogens with zero attached hydrogens (tertiary/aromatic N) is 5. The van der Waals surface area contributed by atoms with Gasteiger partial charge in [0.25, 0.3) is 5.56 Å². The molecule has 1 atom stereocenters. The lowest BCUT2D eigenvalue weighted by atomic mass is 10.2. The molecule has 0 aliphatic carbocycles. The number of para-hydroxylation sites is 1. The molecule has 2 aromatic carbocycles. The van der Waals surface area contributed by atoms with Gasteiger partial charge in [0.05, 0.1) is 22.7 Å². The molecule has 5 aromatic rings. The Labute approximate surface area is 188 Å². The Bertz CT molecular complexity index is 1420. The van der Waals surface area contributed by atoms with Crippen molar-refractivity contribution in [1.29, 1.82) is 0 Å². The summed E-state index contributed by atoms with van der Waals surface area (Å²) in [5, 5.41) is 10.1. The fourth-order valence-electron chi connectivity index (χ4n) is 3.50. The lowest BCUT2D eigenvalue weighted by Gasteiger charge is -2.14. The third-order valence-electron chi connectivity index (χ3n) is 5.12. The highest BCUT2D eigenvalue weighted by Crippen LogP contribution is 2.34. The molecule has 7 nitrogen and oxygen atoms in total. The molecule has 0 saturated heterocycles. The predicted octanol–water partition coefficient (Wildman–Crippen LogP) is 4.48. The van der Waals surface area contributed by atoms with Crippen molar-refractivity contribution in [3.8, 4) is 11.4 Å². The zero-order valence-corrected chi connectivity index (χ0v) is 18.2. The Morgan fingerprint density at radius 1 is 1.00 bits per heavy atom. The smallest absolute Gasteiger partial charge is 0.258 e. The van der Waals surface area contributed by atoms with Crippen LogP contribution in [0.5, 0.6) is 0 Å². The molecule has 32 heavy (non-hydrogen) atoms. The number of pyridine rings is 1. The molecule has 3 aromatic heterocycles. The van der Waals surface area contributed by atoms with Crippen molar-refractivity contribution < 1.29 is 0 Å². The molecular weight excluding hydrogens is 420 g/mol. The van der Waals surface area contributed by atoms with Gasteiger partial charge in [0.15, 0.2) is 11.0 Å². The highest BCUT2D eigenvalue weighted by atomic mass is 32.2. The Balaban J connectivity index is 1.52. The number of aromatic nitrogens is 6. The minimum atomic E-state index is -0.139. The van der Waals surface area contributed by atoms with Gasteiger partial charge in [-0.3, -0.25) is 14.3 Å². The highest BCUT2D eigenvalue weighted by Gasteiger charge is 2.20. The van der Waals surface area contributed by atoms with Crippen molar-refractivity contribution in [1.82, 2.24) is 29.7 Å². The Hall–Kier alpha value is -3.78. The zero-order chi connectivity index (χ0) is 21.9. The van der Waals surface area contributed by atoms with Crippen molar-refractivity contribution in [2.45, 2.75) is 23.9 Å². The second kappa shape index (κ2) is 8.76. The van der Waals surface area contributed by atoms with Gasteiger partial charge in [0, 0.05) is 18.0 Å². The maximum Gasteiger partial charge on any atom is 0.258 e. The van der Waals surface area contributed by atoms with E-state index in [0.717, 1.165) is 22.1 Å². The van der Waals surface area contributed by atoms with Gasteiger partial charge in [-0.25, -0.2) is 4.98 Å². The van der Waals surface area contributed by atoms with Crippen LogP contribution in [-0.4, -0.2) is 29.7 Å². The van der Waals surface area contributed by atoms with Gasteiger partial charge >= 0.3 is 0 Å². The predicted molar refractivity (Wildman–Crippen MR) is 125 cm³/mol. The molecule has 0 aliphatic rings. The molecule has 1 N–H and O–H groups in total. The number of nitrogens with one attached hydrogen (secondary N) is 1. The van der Waals surface area contributed by atoms with Crippen LogP contribution in [0.1, 0.15) is 23.6 Å². The third-order valence-corrected chi connectivity index (χ3v) is 6.21. The average molecular weight is 441 g/mol. The van der Waals surface area contributed by atoms with E-state index in [4.69, 9.17) is 0 Å². The summed E-state index contributed by atoms with van der Waals surface area (Å²) in [6, 6.07) is 21.4. The molecular formula is C24H20N6OS. The van der Waals surface area contributed by atoms with Gasteiger partial charge in [0.2, 0.25) is 0 Å². The number of H-pyrrole nitrogens is 1. The molecule has 3 heterocycles. The summed E-state index contributed by atoms with van der Waals surface area (Å²) in [6.07, 6.45) is 3.52. The molecule has 0 amide bonds. The van der Waals surface area contributed by atoms with Crippen molar-refractivity contribution in [3.63, 3.8) is 0 Å². The van der Waals surface area contributed by atoms with Gasteiger partial charge < -0.3 is 4.98 Å². The standard InChI is InChI=1S/C24H20N6OS/c1-16(21-26-20-12-6-5-11-19(20)23(31)27-21)32-24-29-28-22(18-10-7-13-25-14-18)30(24)15-17-8-3-2-4-9-17/h2-14,16H,15H2,1H3,(H,26,27,31). The first-order valence-electron chi connectivity index (χ1n) is 10.2. The lowest BCUT2D eigenvalue weighted by molar-refractivity contribution is 0.711. The van der Waals surface area contributed by atoms with Crippen LogP contribution in [0.15, 0.2) is 89.1 Å². The number of thioether (sulfide) groups is 1. The van der Waals surface area contributed by atoms with Crippen molar-refractivity contribution >= 4 is 22.7 Å². The van der Waals surface area contributed by atoms with Gasteiger partial charge in [0.1, 0.15) is 5.82 Å². The maximum atomic E-state index is 12.5. The van der Waals surface area contributed by atoms with E-state index in [-0.39, 0.29) is 10.8 Å². The molecule has 158 valence electrons. The van der Waals surface area contributed by atoms with Gasteiger partial charge in [-0.15, -0.1) is 10.2 Å². The van der Waals surface area contributed by atoms with E-state index in [1.54, 1.807) is 18.5 Å². The van der Waals surface area contributed by atoms with E-state index in [9.17, 15) is 4.79 Å². The lowest BCUT2D eigenvalue weighted by Crippen LogP contribution is -2.13. The highest BCUT2D eigenvalue weighted by molar-refractivity contribution is 7.99. The van der Waals surface area contributed by atoms with Gasteiger partial charge in [-0.2, -0.15) is 0 Å². The monoisotopic (exact) mass is 440 g/mol. The minimum Gasteiger partial charge on any atom is -0.309 e. The largest absolute Gasteiger partial charge is 0.309 e. The van der Waals surface area contributed by atoms with Crippen LogP contribution >= 0.6 is 11.8 Å². The molecule has 1 unspecified atom stereocenters. The van der Waals surface area contributed by atoms with Crippen LogP contribution in [0.25, 0.3) is 22.3 Å². The number of hydrogen-bond acceptors (Lipinski definition) is 6. The molecule has 0 aliphatic heterocycles. The normalized spacial score (nSPS) is 12.2. The molecule has 8 heteroatoms. The molecule has 5 rings (SSSR count). The summed E-state index contributed by atoms with van der Waals surface area (Å²) in [7, 11) is 0. The summed E-state index contributed by atoms with van der Waals surface area (Å²) in [4.78, 5) is 24.3. The molecule has 0 bridgehead atoms. The molecule has 0 spiro atoms. The first-order chi connectivity index (χ1) is 15.7. The van der Waals surface area contributed by atoms with E-state index < -0.39 is 0 Å². The van der Waals surface area contributed by atoms with E-state index >= 15 is 0 Å². The van der Waals surface area contributed by atoms with Crippen LogP contribution in [-0.2, 0) is 6.54 Å². The van der Waals surface area contributed by atoms with Crippen LogP contribution in [0, 0.1) is 0 Å². The molecule has 0 saturated carbocycles. The van der Waals surface area contributed by atoms with Crippen LogP contribution in [0.4, 0.5) is 0 Å². The summed E-state index contributed by atoms with van der Waals surface area (Å²) < 4.78 is 2.08. The second-order valence-corrected chi connectivity index (χ2v) is 8.66. The van der Waals surface area contributed by atoms with E-state index in [1.807, 2.05) is 55.5 Å². The summed E-state index contributed by atoms with van der Waals surface area (Å²) in [6.45, 7) is 2.62. The summed E-state index contributed by atoms with van der Waals surface area (Å²) in [5.41, 5.74) is 2.58. The fraction of sp³-hybridized carbons (Fsp3) is 0.125. The summed E-state index contributed by atoms with van der Waals surface area (Å²) in [5.74, 6) is 1.35. The number of aromatic amines is 1. The Morgan fingerprint density at radius 2 is 1.81 bits per heavy atom. The van der Waals surface area contributed by atoms with Crippen molar-refractivity contribution in [2.24, 2.45) is 0 Å². The topological polar surface area (TPSA) is 89.3 Å². The minimum absolute atomic E-state index is 0.132. The molecule has 0 fully saturated rings. The molecule has 0 radical (unpaired) electrons. The Kier molecular flexibility index (Phi) is 5.51. The first-order valence-corrected chi connectivity index (χ1v) is 11.1. The average Bonchev–Trinajstić information content (AvgIpc) is 3.22. The zero-order valence-electron chi connectivity index (χ0n) is 17.3. The van der Waals surface area contributed by atoms with E-state index in [1.165, 1.54) is 11.8 Å². The fourth-order valence-corrected chi connectivity index (χ4v) is 4.41. The van der Waals surface area contributed by atoms with Crippen molar-refractivity contribution in [2.75, 3.05) is 0 Å². The van der Waals surface area contributed by atoms with Crippen LogP contribution in [0.2, 0.25) is 0 Å². The Morgan fingerprint density at radius 3 is 2.62 bits per heavy atom. The van der Waals surface area contributed by atoms with Gasteiger partial charge in [-0.1, -0.05) is 54.2 Å². The number of benzene rings is 2. The van der Waals surface area contributed by atoms with Crippen molar-refractivity contribution in [3.05, 3.63) is 101 Å². The number of rotatable bonds is 6. The maximum absolute atomic E-state index is 12.5. The van der Waals surface area contributed by atoms with Crippen LogP contribution in [0.3, 0.4) is 0 Å². The quantitative estimate of drug-likeness (QED) is 0.392. The van der Waals surface area contributed by atoms with E-state index in [0.29, 0.717) is 23.3 Å². The third kappa shape index (κ3) is 4.04. The SMILES string of the molecule is CC(Sc1nnc(-c2cccnc2)n1Cc1ccccc1)c1nc2ccccc2c(=O)[nH]1. The van der Waals surface area contributed by atoms with E-state index in [2.05, 4.69) is 41.8 Å².